The molecule has 0 saturated heterocycles. The summed E-state index contributed by atoms with van der Waals surface area (Å²) in [7, 11) is 1.63. The van der Waals surface area contributed by atoms with Gasteiger partial charge in [-0.15, -0.1) is 17.8 Å². The van der Waals surface area contributed by atoms with Crippen LogP contribution in [0.5, 0.6) is 11.5 Å². The van der Waals surface area contributed by atoms with Gasteiger partial charge in [-0.3, -0.25) is 4.79 Å². The minimum Gasteiger partial charge on any atom is -0.497 e. The number of benzene rings is 1. The zero-order valence-corrected chi connectivity index (χ0v) is 15.0. The monoisotopic (exact) mass is 355 g/mol. The SMILES string of the molecule is C#CC1(NC(=O)c2sccc2OCc2cccc(OC)c2)CCCC1. The number of hydrogen-bond acceptors (Lipinski definition) is 4. The summed E-state index contributed by atoms with van der Waals surface area (Å²) in [4.78, 5) is 13.2. The third-order valence-electron chi connectivity index (χ3n) is 4.45. The van der Waals surface area contributed by atoms with Crippen LogP contribution in [-0.4, -0.2) is 18.6 Å². The quantitative estimate of drug-likeness (QED) is 0.797. The van der Waals surface area contributed by atoms with E-state index in [9.17, 15) is 4.79 Å². The van der Waals surface area contributed by atoms with Gasteiger partial charge in [-0.05, 0) is 54.8 Å². The van der Waals surface area contributed by atoms with E-state index in [-0.39, 0.29) is 5.91 Å². The third kappa shape index (κ3) is 3.97. The zero-order valence-electron chi connectivity index (χ0n) is 14.2. The van der Waals surface area contributed by atoms with Gasteiger partial charge in [-0.2, -0.15) is 0 Å². The van der Waals surface area contributed by atoms with Crippen LogP contribution in [0.2, 0.25) is 0 Å². The van der Waals surface area contributed by atoms with Crippen molar-refractivity contribution in [3.8, 4) is 23.8 Å². The van der Waals surface area contributed by atoms with E-state index in [1.54, 1.807) is 7.11 Å². The number of carbonyl (C=O) groups excluding carboxylic acids is 1. The number of nitrogens with one attached hydrogen (secondary N) is 1. The van der Waals surface area contributed by atoms with E-state index in [0.29, 0.717) is 17.2 Å². The highest BCUT2D eigenvalue weighted by Gasteiger charge is 2.34. The van der Waals surface area contributed by atoms with Crippen molar-refractivity contribution in [2.75, 3.05) is 7.11 Å². The first-order chi connectivity index (χ1) is 12.2. The molecule has 5 heteroatoms. The molecule has 0 radical (unpaired) electrons. The lowest BCUT2D eigenvalue weighted by Gasteiger charge is -2.24. The first-order valence-corrected chi connectivity index (χ1v) is 9.17. The van der Waals surface area contributed by atoms with Crippen molar-refractivity contribution >= 4 is 17.2 Å². The number of carbonyl (C=O) groups is 1. The smallest absolute Gasteiger partial charge is 0.266 e. The van der Waals surface area contributed by atoms with Gasteiger partial charge in [-0.25, -0.2) is 0 Å². The van der Waals surface area contributed by atoms with Crippen molar-refractivity contribution in [2.24, 2.45) is 0 Å². The van der Waals surface area contributed by atoms with E-state index in [0.717, 1.165) is 37.0 Å². The van der Waals surface area contributed by atoms with Gasteiger partial charge in [-0.1, -0.05) is 18.1 Å². The molecule has 0 spiro atoms. The van der Waals surface area contributed by atoms with E-state index in [1.165, 1.54) is 11.3 Å². The van der Waals surface area contributed by atoms with Crippen LogP contribution in [0.4, 0.5) is 0 Å². The molecule has 1 aromatic carbocycles. The third-order valence-corrected chi connectivity index (χ3v) is 5.34. The number of hydrogen-bond donors (Lipinski definition) is 1. The highest BCUT2D eigenvalue weighted by Crippen LogP contribution is 2.31. The number of methoxy groups -OCH3 is 1. The molecule has 1 amide bonds. The molecule has 0 atom stereocenters. The Kier molecular flexibility index (Phi) is 5.30. The molecule has 0 unspecified atom stereocenters. The molecular weight excluding hydrogens is 334 g/mol. The Morgan fingerprint density at radius 3 is 2.88 bits per heavy atom. The maximum Gasteiger partial charge on any atom is 0.266 e. The summed E-state index contributed by atoms with van der Waals surface area (Å²) >= 11 is 1.36. The van der Waals surface area contributed by atoms with Gasteiger partial charge < -0.3 is 14.8 Å². The van der Waals surface area contributed by atoms with Crippen molar-refractivity contribution < 1.29 is 14.3 Å². The Morgan fingerprint density at radius 1 is 1.36 bits per heavy atom. The predicted molar refractivity (Wildman–Crippen MR) is 99.1 cm³/mol. The molecule has 2 aromatic rings. The molecule has 1 saturated carbocycles. The summed E-state index contributed by atoms with van der Waals surface area (Å²) in [5, 5.41) is 4.89. The fourth-order valence-electron chi connectivity index (χ4n) is 3.06. The first-order valence-electron chi connectivity index (χ1n) is 8.29. The van der Waals surface area contributed by atoms with Gasteiger partial charge in [0.2, 0.25) is 0 Å². The van der Waals surface area contributed by atoms with Gasteiger partial charge in [0.05, 0.1) is 7.11 Å². The van der Waals surface area contributed by atoms with Crippen LogP contribution in [0.3, 0.4) is 0 Å². The molecule has 1 aliphatic carbocycles. The second kappa shape index (κ2) is 7.62. The molecule has 1 N–H and O–H groups in total. The number of amides is 1. The number of thiophene rings is 1. The topological polar surface area (TPSA) is 47.6 Å². The lowest BCUT2D eigenvalue weighted by atomic mass is 9.99. The maximum absolute atomic E-state index is 12.7. The van der Waals surface area contributed by atoms with Crippen molar-refractivity contribution in [1.82, 2.24) is 5.32 Å². The summed E-state index contributed by atoms with van der Waals surface area (Å²) in [6.45, 7) is 0.370. The Hall–Kier alpha value is -2.45. The second-order valence-corrected chi connectivity index (χ2v) is 7.06. The summed E-state index contributed by atoms with van der Waals surface area (Å²) in [5.74, 6) is 3.98. The average molecular weight is 355 g/mol. The van der Waals surface area contributed by atoms with E-state index in [2.05, 4.69) is 11.2 Å². The average Bonchev–Trinajstić information content (AvgIpc) is 3.30. The lowest BCUT2D eigenvalue weighted by molar-refractivity contribution is 0.0921. The van der Waals surface area contributed by atoms with E-state index < -0.39 is 5.54 Å². The van der Waals surface area contributed by atoms with Gasteiger partial charge >= 0.3 is 0 Å². The minimum absolute atomic E-state index is 0.157. The number of terminal acetylenes is 1. The van der Waals surface area contributed by atoms with Gasteiger partial charge in [0.1, 0.15) is 28.5 Å². The van der Waals surface area contributed by atoms with E-state index in [1.807, 2.05) is 35.7 Å². The predicted octanol–water partition coefficient (Wildman–Crippen LogP) is 4.01. The van der Waals surface area contributed by atoms with Crippen molar-refractivity contribution in [2.45, 2.75) is 37.8 Å². The van der Waals surface area contributed by atoms with Crippen molar-refractivity contribution in [3.05, 3.63) is 46.2 Å². The molecule has 25 heavy (non-hydrogen) atoms. The van der Waals surface area contributed by atoms with Crippen LogP contribution in [0, 0.1) is 12.3 Å². The molecule has 130 valence electrons. The van der Waals surface area contributed by atoms with E-state index in [4.69, 9.17) is 15.9 Å². The highest BCUT2D eigenvalue weighted by atomic mass is 32.1. The van der Waals surface area contributed by atoms with Crippen LogP contribution < -0.4 is 14.8 Å². The molecule has 1 fully saturated rings. The zero-order chi connectivity index (χ0) is 17.7. The standard InChI is InChI=1S/C20H21NO3S/c1-3-20(10-4-5-11-20)21-19(22)18-17(9-12-25-18)24-14-15-7-6-8-16(13-15)23-2/h1,6-9,12-13H,4-5,10-11,14H2,2H3,(H,21,22). The van der Waals surface area contributed by atoms with Crippen LogP contribution in [0.15, 0.2) is 35.7 Å². The largest absolute Gasteiger partial charge is 0.497 e. The van der Waals surface area contributed by atoms with Gasteiger partial charge in [0.15, 0.2) is 0 Å². The maximum atomic E-state index is 12.7. The Labute approximate surface area is 152 Å². The Balaban J connectivity index is 1.67. The molecule has 1 aliphatic rings. The first kappa shape index (κ1) is 17.4. The van der Waals surface area contributed by atoms with Crippen LogP contribution in [0.25, 0.3) is 0 Å². The second-order valence-electron chi connectivity index (χ2n) is 6.14. The van der Waals surface area contributed by atoms with Crippen LogP contribution in [0.1, 0.15) is 40.9 Å². The summed E-state index contributed by atoms with van der Waals surface area (Å²) in [6, 6.07) is 9.48. The van der Waals surface area contributed by atoms with Gasteiger partial charge in [0.25, 0.3) is 5.91 Å². The normalized spacial score (nSPS) is 15.4. The number of rotatable bonds is 6. The molecule has 1 heterocycles. The van der Waals surface area contributed by atoms with Crippen molar-refractivity contribution in [3.63, 3.8) is 0 Å². The summed E-state index contributed by atoms with van der Waals surface area (Å²) < 4.78 is 11.1. The molecular formula is C20H21NO3S. The van der Waals surface area contributed by atoms with E-state index >= 15 is 0 Å². The van der Waals surface area contributed by atoms with Crippen molar-refractivity contribution in [1.29, 1.82) is 0 Å². The fraction of sp³-hybridized carbons (Fsp3) is 0.350. The summed E-state index contributed by atoms with van der Waals surface area (Å²) in [6.07, 6.45) is 9.43. The Morgan fingerprint density at radius 2 is 2.16 bits per heavy atom. The van der Waals surface area contributed by atoms with Crippen LogP contribution in [-0.2, 0) is 6.61 Å². The molecule has 3 rings (SSSR count). The van der Waals surface area contributed by atoms with Gasteiger partial charge in [0, 0.05) is 0 Å². The minimum atomic E-state index is -0.509. The molecule has 1 aromatic heterocycles. The molecule has 0 bridgehead atoms. The molecule has 0 aliphatic heterocycles. The fourth-order valence-corrected chi connectivity index (χ4v) is 3.79. The number of ether oxygens (including phenoxy) is 2. The Bertz CT molecular complexity index is 784. The lowest BCUT2D eigenvalue weighted by Crippen LogP contribution is -2.44. The van der Waals surface area contributed by atoms with Crippen LogP contribution >= 0.6 is 11.3 Å². The summed E-state index contributed by atoms with van der Waals surface area (Å²) in [5.41, 5.74) is 0.471. The highest BCUT2D eigenvalue weighted by molar-refractivity contribution is 7.12. The molecule has 4 nitrogen and oxygen atoms in total.